The van der Waals surface area contributed by atoms with E-state index in [4.69, 9.17) is 0 Å². The zero-order chi connectivity index (χ0) is 24.8. The van der Waals surface area contributed by atoms with Crippen molar-refractivity contribution in [2.45, 2.75) is 52.7 Å². The Morgan fingerprint density at radius 1 is 1.09 bits per heavy atom. The summed E-state index contributed by atoms with van der Waals surface area (Å²) < 4.78 is 40.0. The van der Waals surface area contributed by atoms with E-state index in [0.717, 1.165) is 34.2 Å². The van der Waals surface area contributed by atoms with Gasteiger partial charge in [-0.1, -0.05) is 48.9 Å². The van der Waals surface area contributed by atoms with E-state index >= 15 is 0 Å². The van der Waals surface area contributed by atoms with Crippen molar-refractivity contribution in [2.75, 3.05) is 17.1 Å². The average Bonchev–Trinajstić information content (AvgIpc) is 2.75. The van der Waals surface area contributed by atoms with Crippen LogP contribution in [0.5, 0.6) is 0 Å². The monoisotopic (exact) mass is 477 g/mol. The molecular formula is C24H32FN3O4S. The highest BCUT2D eigenvalue weighted by Crippen LogP contribution is 2.22. The first kappa shape index (κ1) is 26.3. The van der Waals surface area contributed by atoms with Crippen molar-refractivity contribution in [3.8, 4) is 0 Å². The van der Waals surface area contributed by atoms with E-state index in [0.29, 0.717) is 0 Å². The summed E-state index contributed by atoms with van der Waals surface area (Å²) in [6.45, 7) is 6.78. The quantitative estimate of drug-likeness (QED) is 0.569. The van der Waals surface area contributed by atoms with Crippen molar-refractivity contribution >= 4 is 27.5 Å². The molecule has 2 atom stereocenters. The molecule has 0 spiro atoms. The zero-order valence-corrected chi connectivity index (χ0v) is 20.5. The van der Waals surface area contributed by atoms with Gasteiger partial charge in [-0.2, -0.15) is 0 Å². The number of hydrogen-bond acceptors (Lipinski definition) is 4. The van der Waals surface area contributed by atoms with Crippen LogP contribution in [0.2, 0.25) is 0 Å². The second-order valence-corrected chi connectivity index (χ2v) is 10.1. The van der Waals surface area contributed by atoms with E-state index in [1.807, 2.05) is 45.0 Å². The Morgan fingerprint density at radius 3 is 2.33 bits per heavy atom. The van der Waals surface area contributed by atoms with Crippen molar-refractivity contribution in [3.05, 3.63) is 65.5 Å². The number of hydrogen-bond donors (Lipinski definition) is 1. The van der Waals surface area contributed by atoms with Crippen LogP contribution < -0.4 is 9.62 Å². The summed E-state index contributed by atoms with van der Waals surface area (Å²) >= 11 is 0. The van der Waals surface area contributed by atoms with Gasteiger partial charge in [0.1, 0.15) is 18.4 Å². The van der Waals surface area contributed by atoms with Crippen LogP contribution >= 0.6 is 0 Å². The number of anilines is 1. The average molecular weight is 478 g/mol. The second kappa shape index (κ2) is 11.3. The molecule has 0 aromatic heterocycles. The summed E-state index contributed by atoms with van der Waals surface area (Å²) in [6, 6.07) is 11.9. The third kappa shape index (κ3) is 7.28. The van der Waals surface area contributed by atoms with E-state index in [-0.39, 0.29) is 24.2 Å². The molecule has 2 amide bonds. The standard InChI is InChI=1S/C24H32FN3O4S/c1-6-18(3)26-24(30)19(4)27(15-20-11-9-10-17(2)14-20)23(29)16-28(33(5,31)32)22-13-8-7-12-21(22)25/h7-14,18-19H,6,15-16H2,1-5H3,(H,26,30). The smallest absolute Gasteiger partial charge is 0.244 e. The number of nitrogens with zero attached hydrogens (tertiary/aromatic N) is 2. The van der Waals surface area contributed by atoms with Gasteiger partial charge in [0.25, 0.3) is 0 Å². The van der Waals surface area contributed by atoms with Gasteiger partial charge in [-0.3, -0.25) is 13.9 Å². The molecule has 0 fully saturated rings. The largest absolute Gasteiger partial charge is 0.352 e. The Balaban J connectivity index is 2.40. The van der Waals surface area contributed by atoms with Crippen molar-refractivity contribution < 1.29 is 22.4 Å². The normalized spacial score (nSPS) is 13.2. The predicted molar refractivity (Wildman–Crippen MR) is 128 cm³/mol. The fraction of sp³-hybridized carbons (Fsp3) is 0.417. The molecule has 0 aliphatic carbocycles. The minimum Gasteiger partial charge on any atom is -0.352 e. The van der Waals surface area contributed by atoms with Gasteiger partial charge in [0.05, 0.1) is 11.9 Å². The molecule has 0 radical (unpaired) electrons. The third-order valence-electron chi connectivity index (χ3n) is 5.40. The molecule has 0 heterocycles. The van der Waals surface area contributed by atoms with E-state index in [2.05, 4.69) is 5.32 Å². The minimum absolute atomic E-state index is 0.0817. The number of amides is 2. The number of sulfonamides is 1. The fourth-order valence-corrected chi connectivity index (χ4v) is 4.15. The van der Waals surface area contributed by atoms with Crippen LogP contribution in [0, 0.1) is 12.7 Å². The van der Waals surface area contributed by atoms with Crippen LogP contribution in [0.25, 0.3) is 0 Å². The van der Waals surface area contributed by atoms with Gasteiger partial charge < -0.3 is 10.2 Å². The van der Waals surface area contributed by atoms with Crippen LogP contribution in [-0.2, 0) is 26.2 Å². The minimum atomic E-state index is -3.97. The van der Waals surface area contributed by atoms with Crippen LogP contribution in [0.15, 0.2) is 48.5 Å². The fourth-order valence-electron chi connectivity index (χ4n) is 3.30. The van der Waals surface area contributed by atoms with E-state index < -0.39 is 34.3 Å². The maximum atomic E-state index is 14.4. The zero-order valence-electron chi connectivity index (χ0n) is 19.7. The number of para-hydroxylation sites is 1. The molecule has 2 rings (SSSR count). The molecule has 0 bridgehead atoms. The number of carbonyl (C=O) groups is 2. The van der Waals surface area contributed by atoms with E-state index in [1.54, 1.807) is 6.92 Å². The maximum Gasteiger partial charge on any atom is 0.244 e. The molecule has 9 heteroatoms. The first-order chi connectivity index (χ1) is 15.4. The Hall–Kier alpha value is -2.94. The molecule has 180 valence electrons. The first-order valence-corrected chi connectivity index (χ1v) is 12.7. The second-order valence-electron chi connectivity index (χ2n) is 8.23. The number of benzene rings is 2. The molecule has 1 N–H and O–H groups in total. The van der Waals surface area contributed by atoms with Crippen LogP contribution in [0.1, 0.15) is 38.3 Å². The Bertz CT molecular complexity index is 1090. The Labute approximate surface area is 195 Å². The van der Waals surface area contributed by atoms with Gasteiger partial charge in [-0.25, -0.2) is 12.8 Å². The number of halogens is 1. The third-order valence-corrected chi connectivity index (χ3v) is 6.53. The summed E-state index contributed by atoms with van der Waals surface area (Å²) in [5, 5.41) is 2.86. The van der Waals surface area contributed by atoms with E-state index in [1.165, 1.54) is 23.1 Å². The van der Waals surface area contributed by atoms with Crippen LogP contribution in [0.4, 0.5) is 10.1 Å². The maximum absolute atomic E-state index is 14.4. The van der Waals surface area contributed by atoms with Gasteiger partial charge in [-0.15, -0.1) is 0 Å². The molecular weight excluding hydrogens is 445 g/mol. The Morgan fingerprint density at radius 2 is 1.76 bits per heavy atom. The van der Waals surface area contributed by atoms with Gasteiger partial charge in [-0.05, 0) is 44.9 Å². The van der Waals surface area contributed by atoms with Crippen molar-refractivity contribution in [1.29, 1.82) is 0 Å². The molecule has 33 heavy (non-hydrogen) atoms. The van der Waals surface area contributed by atoms with Gasteiger partial charge in [0.2, 0.25) is 21.8 Å². The topological polar surface area (TPSA) is 86.8 Å². The van der Waals surface area contributed by atoms with Crippen LogP contribution in [0.3, 0.4) is 0 Å². The summed E-state index contributed by atoms with van der Waals surface area (Å²) in [7, 11) is -3.97. The molecule has 2 aromatic rings. The van der Waals surface area contributed by atoms with Gasteiger partial charge in [0, 0.05) is 12.6 Å². The van der Waals surface area contributed by atoms with Gasteiger partial charge >= 0.3 is 0 Å². The van der Waals surface area contributed by atoms with Crippen molar-refractivity contribution in [1.82, 2.24) is 10.2 Å². The van der Waals surface area contributed by atoms with Crippen molar-refractivity contribution in [2.24, 2.45) is 0 Å². The molecule has 2 unspecified atom stereocenters. The summed E-state index contributed by atoms with van der Waals surface area (Å²) in [5.74, 6) is -1.72. The lowest BCUT2D eigenvalue weighted by Gasteiger charge is -2.32. The van der Waals surface area contributed by atoms with E-state index in [9.17, 15) is 22.4 Å². The molecule has 0 saturated carbocycles. The molecule has 0 saturated heterocycles. The first-order valence-electron chi connectivity index (χ1n) is 10.8. The number of nitrogens with one attached hydrogen (secondary N) is 1. The SMILES string of the molecule is CCC(C)NC(=O)C(C)N(Cc1cccc(C)c1)C(=O)CN(c1ccccc1F)S(C)(=O)=O. The molecule has 7 nitrogen and oxygen atoms in total. The number of rotatable bonds is 10. The lowest BCUT2D eigenvalue weighted by Crippen LogP contribution is -2.52. The summed E-state index contributed by atoms with van der Waals surface area (Å²) in [6.07, 6.45) is 1.64. The molecule has 0 aliphatic rings. The van der Waals surface area contributed by atoms with Crippen LogP contribution in [-0.4, -0.2) is 50.0 Å². The van der Waals surface area contributed by atoms with Gasteiger partial charge in [0.15, 0.2) is 0 Å². The highest BCUT2D eigenvalue weighted by molar-refractivity contribution is 7.92. The Kier molecular flexibility index (Phi) is 8.99. The highest BCUT2D eigenvalue weighted by atomic mass is 32.2. The highest BCUT2D eigenvalue weighted by Gasteiger charge is 2.31. The molecule has 0 aliphatic heterocycles. The lowest BCUT2D eigenvalue weighted by atomic mass is 10.1. The number of carbonyl (C=O) groups excluding carboxylic acids is 2. The summed E-state index contributed by atoms with van der Waals surface area (Å²) in [4.78, 5) is 27.5. The predicted octanol–water partition coefficient (Wildman–Crippen LogP) is 3.23. The molecule has 2 aromatic carbocycles. The summed E-state index contributed by atoms with van der Waals surface area (Å²) in [5.41, 5.74) is 1.56. The van der Waals surface area contributed by atoms with Crippen molar-refractivity contribution in [3.63, 3.8) is 0 Å². The number of aryl methyl sites for hydroxylation is 1. The lowest BCUT2D eigenvalue weighted by molar-refractivity contribution is -0.139.